The topological polar surface area (TPSA) is 203 Å². The number of hydrogen-bond acceptors (Lipinski definition) is 7. The van der Waals surface area contributed by atoms with Gasteiger partial charge in [-0.3, -0.25) is 19.2 Å². The second kappa shape index (κ2) is 11.1. The highest BCUT2D eigenvalue weighted by atomic mass is 16.4. The monoisotopic (exact) mass is 438 g/mol. The van der Waals surface area contributed by atoms with Gasteiger partial charge in [0.1, 0.15) is 18.1 Å². The molecule has 1 fully saturated rings. The van der Waals surface area contributed by atoms with E-state index in [9.17, 15) is 29.1 Å². The number of nitrogens with one attached hydrogen (secondary N) is 5. The van der Waals surface area contributed by atoms with E-state index in [1.54, 1.807) is 0 Å². The minimum absolute atomic E-state index is 0.0478. The fraction of sp³-hybridized carbons (Fsp3) is 0.556. The summed E-state index contributed by atoms with van der Waals surface area (Å²) < 4.78 is 0. The van der Waals surface area contributed by atoms with Crippen molar-refractivity contribution in [1.29, 1.82) is 0 Å². The minimum atomic E-state index is -1.39. The molecule has 2 heterocycles. The first-order valence-electron chi connectivity index (χ1n) is 9.73. The van der Waals surface area contributed by atoms with Crippen LogP contribution in [-0.4, -0.2) is 80.6 Å². The van der Waals surface area contributed by atoms with Crippen LogP contribution in [0.3, 0.4) is 0 Å². The quantitative estimate of drug-likeness (QED) is 0.199. The molecule has 2 rings (SSSR count). The maximum atomic E-state index is 12.5. The molecular formula is C18H26N6O7. The van der Waals surface area contributed by atoms with Crippen LogP contribution in [0.15, 0.2) is 12.5 Å². The summed E-state index contributed by atoms with van der Waals surface area (Å²) in [6.45, 7) is 1.97. The largest absolute Gasteiger partial charge is 0.481 e. The molecule has 4 unspecified atom stereocenters. The highest BCUT2D eigenvalue weighted by Gasteiger charge is 2.31. The maximum absolute atomic E-state index is 12.5. The van der Waals surface area contributed by atoms with Gasteiger partial charge < -0.3 is 36.5 Å². The normalized spacial score (nSPS) is 18.4. The van der Waals surface area contributed by atoms with E-state index in [0.717, 1.165) is 6.42 Å². The number of carbonyl (C=O) groups is 5. The summed E-state index contributed by atoms with van der Waals surface area (Å²) in [6.07, 6.45) is 3.43. The lowest BCUT2D eigenvalue weighted by atomic mass is 10.1. The van der Waals surface area contributed by atoms with Gasteiger partial charge in [-0.05, 0) is 26.3 Å². The van der Waals surface area contributed by atoms with Gasteiger partial charge in [0.05, 0.1) is 18.8 Å². The van der Waals surface area contributed by atoms with Gasteiger partial charge in [0.25, 0.3) is 0 Å². The number of rotatable bonds is 11. The maximum Gasteiger partial charge on any atom is 0.326 e. The average molecular weight is 438 g/mol. The Morgan fingerprint density at radius 1 is 1.13 bits per heavy atom. The van der Waals surface area contributed by atoms with Crippen LogP contribution >= 0.6 is 0 Å². The number of aliphatic carboxylic acids is 2. The van der Waals surface area contributed by atoms with Crippen molar-refractivity contribution < 1.29 is 34.2 Å². The Bertz CT molecular complexity index is 806. The van der Waals surface area contributed by atoms with E-state index in [1.807, 2.05) is 0 Å². The van der Waals surface area contributed by atoms with Crippen LogP contribution in [0.2, 0.25) is 0 Å². The van der Waals surface area contributed by atoms with E-state index < -0.39 is 60.2 Å². The second-order valence-corrected chi connectivity index (χ2v) is 7.22. The predicted octanol–water partition coefficient (Wildman–Crippen LogP) is -2.26. The van der Waals surface area contributed by atoms with Crippen molar-refractivity contribution in [3.8, 4) is 0 Å². The zero-order chi connectivity index (χ0) is 23.0. The van der Waals surface area contributed by atoms with Crippen LogP contribution in [0, 0.1) is 0 Å². The summed E-state index contributed by atoms with van der Waals surface area (Å²) in [4.78, 5) is 66.2. The number of amides is 3. The molecule has 1 aromatic heterocycles. The molecule has 13 heteroatoms. The Labute approximate surface area is 177 Å². The van der Waals surface area contributed by atoms with Crippen molar-refractivity contribution in [2.24, 2.45) is 0 Å². The number of carboxylic acid groups (broad SMARTS) is 2. The summed E-state index contributed by atoms with van der Waals surface area (Å²) in [5, 5.41) is 28.3. The van der Waals surface area contributed by atoms with E-state index in [4.69, 9.17) is 5.11 Å². The third-order valence-electron chi connectivity index (χ3n) is 4.73. The number of H-pyrrole nitrogens is 1. The molecule has 0 spiro atoms. The van der Waals surface area contributed by atoms with E-state index in [0.29, 0.717) is 18.7 Å². The number of imidazole rings is 1. The van der Waals surface area contributed by atoms with Crippen LogP contribution in [0.4, 0.5) is 0 Å². The lowest BCUT2D eigenvalue weighted by molar-refractivity contribution is -0.143. The molecule has 0 bridgehead atoms. The molecule has 0 saturated carbocycles. The van der Waals surface area contributed by atoms with Crippen molar-refractivity contribution in [2.45, 2.75) is 56.8 Å². The fourth-order valence-corrected chi connectivity index (χ4v) is 3.06. The summed E-state index contributed by atoms with van der Waals surface area (Å²) in [6, 6.07) is -4.34. The fourth-order valence-electron chi connectivity index (χ4n) is 3.06. The molecule has 170 valence electrons. The Balaban J connectivity index is 1.95. The summed E-state index contributed by atoms with van der Waals surface area (Å²) in [5.74, 6) is -4.72. The molecule has 1 saturated heterocycles. The smallest absolute Gasteiger partial charge is 0.326 e. The van der Waals surface area contributed by atoms with Gasteiger partial charge in [-0.25, -0.2) is 9.78 Å². The van der Waals surface area contributed by atoms with Crippen LogP contribution in [0.25, 0.3) is 0 Å². The van der Waals surface area contributed by atoms with Gasteiger partial charge >= 0.3 is 11.9 Å². The Kier molecular flexibility index (Phi) is 8.49. The van der Waals surface area contributed by atoms with E-state index >= 15 is 0 Å². The van der Waals surface area contributed by atoms with Crippen molar-refractivity contribution >= 4 is 29.7 Å². The van der Waals surface area contributed by atoms with Gasteiger partial charge in [0.2, 0.25) is 17.7 Å². The molecule has 31 heavy (non-hydrogen) atoms. The molecule has 1 aliphatic rings. The van der Waals surface area contributed by atoms with Gasteiger partial charge in [0.15, 0.2) is 0 Å². The Morgan fingerprint density at radius 2 is 1.87 bits per heavy atom. The van der Waals surface area contributed by atoms with Crippen LogP contribution in [-0.2, 0) is 30.4 Å². The first-order valence-corrected chi connectivity index (χ1v) is 9.73. The summed E-state index contributed by atoms with van der Waals surface area (Å²) in [5.41, 5.74) is 0.495. The molecule has 0 aliphatic carbocycles. The highest BCUT2D eigenvalue weighted by Crippen LogP contribution is 2.06. The highest BCUT2D eigenvalue weighted by molar-refractivity contribution is 5.95. The van der Waals surface area contributed by atoms with Crippen molar-refractivity contribution in [3.63, 3.8) is 0 Å². The van der Waals surface area contributed by atoms with Gasteiger partial charge in [0, 0.05) is 18.3 Å². The summed E-state index contributed by atoms with van der Waals surface area (Å²) >= 11 is 0. The number of nitrogens with zero attached hydrogens (tertiary/aromatic N) is 1. The number of carboxylic acids is 2. The number of hydrogen-bond donors (Lipinski definition) is 7. The molecule has 0 radical (unpaired) electrons. The minimum Gasteiger partial charge on any atom is -0.481 e. The number of carbonyl (C=O) groups excluding carboxylic acids is 3. The van der Waals surface area contributed by atoms with Gasteiger partial charge in [-0.15, -0.1) is 0 Å². The second-order valence-electron chi connectivity index (χ2n) is 7.22. The molecule has 4 atom stereocenters. The molecular weight excluding hydrogens is 412 g/mol. The first kappa shape index (κ1) is 23.8. The van der Waals surface area contributed by atoms with Crippen molar-refractivity contribution in [2.75, 3.05) is 6.54 Å². The van der Waals surface area contributed by atoms with Crippen LogP contribution in [0.5, 0.6) is 0 Å². The molecule has 1 aromatic rings. The average Bonchev–Trinajstić information content (AvgIpc) is 3.40. The molecule has 0 aromatic carbocycles. The van der Waals surface area contributed by atoms with Crippen LogP contribution < -0.4 is 21.3 Å². The van der Waals surface area contributed by atoms with E-state index in [-0.39, 0.29) is 6.42 Å². The van der Waals surface area contributed by atoms with Crippen molar-refractivity contribution in [3.05, 3.63) is 18.2 Å². The van der Waals surface area contributed by atoms with Crippen molar-refractivity contribution in [1.82, 2.24) is 31.2 Å². The molecule has 1 aliphatic heterocycles. The SMILES string of the molecule is CC(NC(=O)C(CC(=O)O)NC(=O)C1CCCN1)C(=O)NC(Cc1cnc[nH]1)C(=O)O. The van der Waals surface area contributed by atoms with E-state index in [1.165, 1.54) is 19.4 Å². The Hall–Kier alpha value is -3.48. The molecule has 13 nitrogen and oxygen atoms in total. The zero-order valence-corrected chi connectivity index (χ0v) is 16.9. The third kappa shape index (κ3) is 7.37. The Morgan fingerprint density at radius 3 is 2.42 bits per heavy atom. The zero-order valence-electron chi connectivity index (χ0n) is 16.9. The lowest BCUT2D eigenvalue weighted by Gasteiger charge is -2.22. The molecule has 3 amide bonds. The first-order chi connectivity index (χ1) is 14.7. The van der Waals surface area contributed by atoms with E-state index in [2.05, 4.69) is 31.2 Å². The lowest BCUT2D eigenvalue weighted by Crippen LogP contribution is -2.56. The predicted molar refractivity (Wildman–Crippen MR) is 105 cm³/mol. The van der Waals surface area contributed by atoms with Gasteiger partial charge in [-0.1, -0.05) is 0 Å². The molecule has 7 N–H and O–H groups in total. The standard InChI is InChI=1S/C18H26N6O7/c1-9(15(27)24-13(18(30)31)5-10-7-19-8-21-10)22-17(29)12(6-14(25)26)23-16(28)11-3-2-4-20-11/h7-9,11-13,20H,2-6H2,1H3,(H,19,21)(H,22,29)(H,23,28)(H,24,27)(H,25,26)(H,30,31). The number of aromatic amines is 1. The number of aromatic nitrogens is 2. The van der Waals surface area contributed by atoms with Crippen LogP contribution in [0.1, 0.15) is 31.9 Å². The van der Waals surface area contributed by atoms with Gasteiger partial charge in [-0.2, -0.15) is 0 Å². The third-order valence-corrected chi connectivity index (χ3v) is 4.73. The summed E-state index contributed by atoms with van der Waals surface area (Å²) in [7, 11) is 0.